The summed E-state index contributed by atoms with van der Waals surface area (Å²) in [4.78, 5) is 16.2. The van der Waals surface area contributed by atoms with E-state index in [2.05, 4.69) is 15.3 Å². The molecular formula is C19H18ClN3O4. The Labute approximate surface area is 161 Å². The third-order valence-electron chi connectivity index (χ3n) is 3.72. The molecular weight excluding hydrogens is 370 g/mol. The zero-order valence-corrected chi connectivity index (χ0v) is 15.3. The molecule has 0 bridgehead atoms. The van der Waals surface area contributed by atoms with Gasteiger partial charge in [0, 0.05) is 17.3 Å². The van der Waals surface area contributed by atoms with Crippen LogP contribution < -0.4 is 10.2 Å². The van der Waals surface area contributed by atoms with Gasteiger partial charge in [-0.05, 0) is 35.4 Å². The van der Waals surface area contributed by atoms with Gasteiger partial charge in [-0.2, -0.15) is 5.48 Å². The lowest BCUT2D eigenvalue weighted by molar-refractivity contribution is 0.0244. The van der Waals surface area contributed by atoms with Crippen LogP contribution in [0, 0.1) is 0 Å². The molecule has 140 valence electrons. The van der Waals surface area contributed by atoms with Crippen molar-refractivity contribution in [1.29, 1.82) is 0 Å². The van der Waals surface area contributed by atoms with Crippen LogP contribution in [0.3, 0.4) is 0 Å². The highest BCUT2D eigenvalue weighted by molar-refractivity contribution is 6.30. The molecule has 0 aliphatic rings. The highest BCUT2D eigenvalue weighted by Crippen LogP contribution is 2.17. The van der Waals surface area contributed by atoms with Gasteiger partial charge in [-0.15, -0.1) is 5.10 Å². The number of amides is 1. The number of carbonyl (C=O) groups is 1. The molecule has 7 nitrogen and oxygen atoms in total. The van der Waals surface area contributed by atoms with Crippen LogP contribution in [0.25, 0.3) is 5.69 Å². The van der Waals surface area contributed by atoms with Crippen LogP contribution in [0.5, 0.6) is 5.88 Å². The smallest absolute Gasteiger partial charge is 0.431 e. The summed E-state index contributed by atoms with van der Waals surface area (Å²) in [5, 5.41) is 5.07. The van der Waals surface area contributed by atoms with E-state index in [9.17, 15) is 4.79 Å². The number of hydrogen-bond donors (Lipinski definition) is 1. The Morgan fingerprint density at radius 3 is 2.48 bits per heavy atom. The van der Waals surface area contributed by atoms with Crippen molar-refractivity contribution < 1.29 is 19.1 Å². The normalized spacial score (nSPS) is 10.4. The largest absolute Gasteiger partial charge is 0.472 e. The van der Waals surface area contributed by atoms with Gasteiger partial charge in [-0.3, -0.25) is 4.84 Å². The summed E-state index contributed by atoms with van der Waals surface area (Å²) in [5.41, 5.74) is 4.87. The molecule has 8 heteroatoms. The number of ether oxygens (including phenoxy) is 2. The van der Waals surface area contributed by atoms with Gasteiger partial charge < -0.3 is 9.47 Å². The molecule has 1 N–H and O–H groups in total. The van der Waals surface area contributed by atoms with E-state index < -0.39 is 6.09 Å². The van der Waals surface area contributed by atoms with E-state index in [1.807, 2.05) is 42.6 Å². The standard InChI is InChI=1S/C19H18ClN3O4/c1-25-19(24)22-27-13-15-5-3-2-4-14(15)12-26-18-10-11-23(21-18)17-8-6-16(20)7-9-17/h2-11H,12-13H2,1H3,(H,22,24). The Morgan fingerprint density at radius 1 is 1.07 bits per heavy atom. The number of aromatic nitrogens is 2. The zero-order valence-electron chi connectivity index (χ0n) is 14.6. The van der Waals surface area contributed by atoms with Gasteiger partial charge in [0.2, 0.25) is 5.88 Å². The first-order valence-electron chi connectivity index (χ1n) is 8.12. The van der Waals surface area contributed by atoms with E-state index in [0.29, 0.717) is 17.5 Å². The average molecular weight is 388 g/mol. The zero-order chi connectivity index (χ0) is 19.1. The molecule has 0 saturated heterocycles. The lowest BCUT2D eigenvalue weighted by Crippen LogP contribution is -2.23. The second-order valence-corrected chi connectivity index (χ2v) is 5.95. The molecule has 3 rings (SSSR count). The van der Waals surface area contributed by atoms with Crippen LogP contribution in [0.15, 0.2) is 60.8 Å². The van der Waals surface area contributed by atoms with Crippen LogP contribution >= 0.6 is 11.6 Å². The molecule has 1 amide bonds. The van der Waals surface area contributed by atoms with Crippen LogP contribution in [0.2, 0.25) is 5.02 Å². The summed E-state index contributed by atoms with van der Waals surface area (Å²) in [6.07, 6.45) is 1.16. The summed E-state index contributed by atoms with van der Waals surface area (Å²) in [5.74, 6) is 0.494. The number of benzene rings is 2. The maximum Gasteiger partial charge on any atom is 0.431 e. The summed E-state index contributed by atoms with van der Waals surface area (Å²) in [6.45, 7) is 0.503. The van der Waals surface area contributed by atoms with Crippen molar-refractivity contribution in [1.82, 2.24) is 15.3 Å². The van der Waals surface area contributed by atoms with Crippen LogP contribution in [0.1, 0.15) is 11.1 Å². The summed E-state index contributed by atoms with van der Waals surface area (Å²) < 4.78 is 11.9. The second-order valence-electron chi connectivity index (χ2n) is 5.51. The van der Waals surface area contributed by atoms with Gasteiger partial charge in [-0.25, -0.2) is 9.48 Å². The highest BCUT2D eigenvalue weighted by Gasteiger charge is 2.07. The van der Waals surface area contributed by atoms with E-state index in [0.717, 1.165) is 16.8 Å². The number of hydroxylamine groups is 1. The molecule has 0 aliphatic carbocycles. The SMILES string of the molecule is COC(=O)NOCc1ccccc1COc1ccn(-c2ccc(Cl)cc2)n1. The molecule has 0 aliphatic heterocycles. The lowest BCUT2D eigenvalue weighted by atomic mass is 10.1. The molecule has 0 fully saturated rings. The predicted octanol–water partition coefficient (Wildman–Crippen LogP) is 3.89. The van der Waals surface area contributed by atoms with E-state index in [4.69, 9.17) is 21.2 Å². The number of halogens is 1. The molecule has 0 saturated carbocycles. The fourth-order valence-electron chi connectivity index (χ4n) is 2.33. The van der Waals surface area contributed by atoms with Gasteiger partial charge in [0.25, 0.3) is 0 Å². The van der Waals surface area contributed by atoms with Gasteiger partial charge in [-0.1, -0.05) is 35.9 Å². The van der Waals surface area contributed by atoms with E-state index in [-0.39, 0.29) is 6.61 Å². The summed E-state index contributed by atoms with van der Waals surface area (Å²) >= 11 is 5.90. The Bertz CT molecular complexity index is 896. The van der Waals surface area contributed by atoms with Crippen molar-refractivity contribution in [3.8, 4) is 11.6 Å². The average Bonchev–Trinajstić information content (AvgIpc) is 3.16. The quantitative estimate of drug-likeness (QED) is 0.622. The van der Waals surface area contributed by atoms with Gasteiger partial charge in [0.05, 0.1) is 12.8 Å². The van der Waals surface area contributed by atoms with Crippen molar-refractivity contribution >= 4 is 17.7 Å². The Kier molecular flexibility index (Phi) is 6.30. The number of carbonyl (C=O) groups excluding carboxylic acids is 1. The second kappa shape index (κ2) is 9.07. The molecule has 0 unspecified atom stereocenters. The third kappa shape index (κ3) is 5.22. The van der Waals surface area contributed by atoms with Gasteiger partial charge in [0.15, 0.2) is 0 Å². The van der Waals surface area contributed by atoms with E-state index in [1.54, 1.807) is 22.9 Å². The molecule has 3 aromatic rings. The topological polar surface area (TPSA) is 74.6 Å². The highest BCUT2D eigenvalue weighted by atomic mass is 35.5. The maximum absolute atomic E-state index is 11.0. The van der Waals surface area contributed by atoms with Crippen LogP contribution in [-0.2, 0) is 22.8 Å². The molecule has 0 atom stereocenters. The van der Waals surface area contributed by atoms with Crippen molar-refractivity contribution in [3.05, 3.63) is 76.9 Å². The monoisotopic (exact) mass is 387 g/mol. The van der Waals surface area contributed by atoms with E-state index >= 15 is 0 Å². The first-order chi connectivity index (χ1) is 13.2. The predicted molar refractivity (Wildman–Crippen MR) is 99.7 cm³/mol. The van der Waals surface area contributed by atoms with Crippen molar-refractivity contribution in [3.63, 3.8) is 0 Å². The fourth-order valence-corrected chi connectivity index (χ4v) is 2.45. The Balaban J connectivity index is 1.60. The van der Waals surface area contributed by atoms with Crippen LogP contribution in [0.4, 0.5) is 4.79 Å². The molecule has 1 aromatic heterocycles. The number of methoxy groups -OCH3 is 1. The molecule has 27 heavy (non-hydrogen) atoms. The van der Waals surface area contributed by atoms with Crippen molar-refractivity contribution in [2.75, 3.05) is 7.11 Å². The Hall–Kier alpha value is -3.03. The maximum atomic E-state index is 11.0. The molecule has 1 heterocycles. The third-order valence-corrected chi connectivity index (χ3v) is 3.97. The van der Waals surface area contributed by atoms with Crippen molar-refractivity contribution in [2.45, 2.75) is 13.2 Å². The molecule has 0 radical (unpaired) electrons. The number of hydrogen-bond acceptors (Lipinski definition) is 5. The minimum atomic E-state index is -0.656. The minimum Gasteiger partial charge on any atom is -0.472 e. The summed E-state index contributed by atoms with van der Waals surface area (Å²) in [7, 11) is 1.27. The van der Waals surface area contributed by atoms with Crippen molar-refractivity contribution in [2.24, 2.45) is 0 Å². The first-order valence-corrected chi connectivity index (χ1v) is 8.50. The molecule has 0 spiro atoms. The number of nitrogens with one attached hydrogen (secondary N) is 1. The fraction of sp³-hybridized carbons (Fsp3) is 0.158. The van der Waals surface area contributed by atoms with Gasteiger partial charge >= 0.3 is 6.09 Å². The minimum absolute atomic E-state index is 0.188. The van der Waals surface area contributed by atoms with Crippen LogP contribution in [-0.4, -0.2) is 23.0 Å². The molecule has 2 aromatic carbocycles. The first kappa shape index (κ1) is 18.8. The number of nitrogens with zero attached hydrogens (tertiary/aromatic N) is 2. The van der Waals surface area contributed by atoms with Gasteiger partial charge in [0.1, 0.15) is 13.2 Å². The summed E-state index contributed by atoms with van der Waals surface area (Å²) in [6, 6.07) is 16.7. The number of rotatable bonds is 7. The lowest BCUT2D eigenvalue weighted by Gasteiger charge is -2.10. The van der Waals surface area contributed by atoms with E-state index in [1.165, 1.54) is 7.11 Å². The Morgan fingerprint density at radius 2 is 1.78 bits per heavy atom.